The molecule has 0 aliphatic carbocycles. The van der Waals surface area contributed by atoms with E-state index in [0.717, 1.165) is 4.47 Å². The quantitative estimate of drug-likeness (QED) is 0.785. The summed E-state index contributed by atoms with van der Waals surface area (Å²) in [6.45, 7) is 6.11. The largest absolute Gasteiger partial charge is 0.322 e. The third-order valence-corrected chi connectivity index (χ3v) is 2.38. The first kappa shape index (κ1) is 9.75. The zero-order valence-electron chi connectivity index (χ0n) is 7.69. The molecule has 0 atom stereocenters. The Hall–Kier alpha value is -0.340. The summed E-state index contributed by atoms with van der Waals surface area (Å²) in [5.74, 6) is 0. The van der Waals surface area contributed by atoms with Gasteiger partial charge in [0.25, 0.3) is 0 Å². The lowest BCUT2D eigenvalue weighted by atomic mass is 9.92. The van der Waals surface area contributed by atoms with Crippen molar-refractivity contribution in [2.75, 3.05) is 0 Å². The number of nitrogens with two attached hydrogens (primary N) is 1. The van der Waals surface area contributed by atoms with E-state index in [1.165, 1.54) is 11.1 Å². The molecule has 1 aromatic rings. The van der Waals surface area contributed by atoms with Crippen molar-refractivity contribution >= 4 is 15.9 Å². The van der Waals surface area contributed by atoms with Crippen molar-refractivity contribution in [2.24, 2.45) is 5.73 Å². The van der Waals surface area contributed by atoms with E-state index in [1.54, 1.807) is 0 Å². The average Bonchev–Trinajstić information content (AvgIpc) is 1.83. The molecule has 2 N–H and O–H groups in total. The highest BCUT2D eigenvalue weighted by molar-refractivity contribution is 9.10. The molecule has 0 fully saturated rings. The van der Waals surface area contributed by atoms with Crippen LogP contribution >= 0.6 is 15.9 Å². The molecule has 0 aliphatic rings. The maximum absolute atomic E-state index is 5.99. The highest BCUT2D eigenvalue weighted by Gasteiger charge is 2.15. The predicted molar refractivity (Wildman–Crippen MR) is 56.1 cm³/mol. The van der Waals surface area contributed by atoms with Crippen LogP contribution < -0.4 is 5.73 Å². The Balaban J connectivity index is 3.19. The summed E-state index contributed by atoms with van der Waals surface area (Å²) in [5, 5.41) is 0. The van der Waals surface area contributed by atoms with Crippen LogP contribution in [0.4, 0.5) is 0 Å². The van der Waals surface area contributed by atoms with Crippen LogP contribution in [0.25, 0.3) is 0 Å². The highest BCUT2D eigenvalue weighted by atomic mass is 79.9. The smallest absolute Gasteiger partial charge is 0.0355 e. The maximum atomic E-state index is 5.99. The Morgan fingerprint density at radius 3 is 2.33 bits per heavy atom. The molecule has 0 aromatic heterocycles. The first-order valence-corrected chi connectivity index (χ1v) is 4.76. The molecule has 0 saturated carbocycles. The first-order chi connectivity index (χ1) is 5.41. The molecule has 0 amide bonds. The Morgan fingerprint density at radius 1 is 1.33 bits per heavy atom. The lowest BCUT2D eigenvalue weighted by Crippen LogP contribution is -2.29. The lowest BCUT2D eigenvalue weighted by Gasteiger charge is -2.21. The van der Waals surface area contributed by atoms with Gasteiger partial charge in [-0.1, -0.05) is 22.0 Å². The molecular formula is C10H14BrN. The number of rotatable bonds is 1. The maximum Gasteiger partial charge on any atom is 0.0355 e. The van der Waals surface area contributed by atoms with Gasteiger partial charge in [-0.15, -0.1) is 0 Å². The first-order valence-electron chi connectivity index (χ1n) is 3.97. The fourth-order valence-electron chi connectivity index (χ4n) is 1.35. The van der Waals surface area contributed by atoms with Crippen LogP contribution in [0.5, 0.6) is 0 Å². The Kier molecular flexibility index (Phi) is 2.59. The minimum absolute atomic E-state index is 0.245. The van der Waals surface area contributed by atoms with Gasteiger partial charge in [0.15, 0.2) is 0 Å². The van der Waals surface area contributed by atoms with Crippen LogP contribution in [0.2, 0.25) is 0 Å². The number of halogens is 1. The molecule has 66 valence electrons. The van der Waals surface area contributed by atoms with E-state index in [4.69, 9.17) is 5.73 Å². The van der Waals surface area contributed by atoms with Crippen molar-refractivity contribution in [3.05, 3.63) is 33.8 Å². The zero-order chi connectivity index (χ0) is 9.35. The van der Waals surface area contributed by atoms with Gasteiger partial charge in [-0.05, 0) is 44.0 Å². The minimum Gasteiger partial charge on any atom is -0.322 e. The van der Waals surface area contributed by atoms with E-state index in [1.807, 2.05) is 19.9 Å². The standard InChI is InChI=1S/C10H14BrN/c1-7-6-8(11)4-5-9(7)10(2,3)12/h4-6H,12H2,1-3H3. The molecule has 0 bridgehead atoms. The molecule has 0 heterocycles. The average molecular weight is 228 g/mol. The minimum atomic E-state index is -0.245. The molecule has 1 aromatic carbocycles. The van der Waals surface area contributed by atoms with E-state index < -0.39 is 0 Å². The topological polar surface area (TPSA) is 26.0 Å². The molecule has 2 heteroatoms. The normalized spacial score (nSPS) is 11.8. The van der Waals surface area contributed by atoms with Gasteiger partial charge < -0.3 is 5.73 Å². The van der Waals surface area contributed by atoms with Gasteiger partial charge >= 0.3 is 0 Å². The predicted octanol–water partition coefficient (Wildman–Crippen LogP) is 2.95. The monoisotopic (exact) mass is 227 g/mol. The Morgan fingerprint density at radius 2 is 1.92 bits per heavy atom. The number of hydrogen-bond acceptors (Lipinski definition) is 1. The summed E-state index contributed by atoms with van der Waals surface area (Å²) in [6, 6.07) is 6.18. The van der Waals surface area contributed by atoms with Gasteiger partial charge in [-0.3, -0.25) is 0 Å². The lowest BCUT2D eigenvalue weighted by molar-refractivity contribution is 0.551. The van der Waals surface area contributed by atoms with Crippen molar-refractivity contribution in [3.8, 4) is 0 Å². The highest BCUT2D eigenvalue weighted by Crippen LogP contribution is 2.23. The second-order valence-corrected chi connectivity index (χ2v) is 4.60. The van der Waals surface area contributed by atoms with Gasteiger partial charge in [-0.2, -0.15) is 0 Å². The second-order valence-electron chi connectivity index (χ2n) is 3.68. The van der Waals surface area contributed by atoms with Gasteiger partial charge in [0.1, 0.15) is 0 Å². The summed E-state index contributed by atoms with van der Waals surface area (Å²) in [7, 11) is 0. The SMILES string of the molecule is Cc1cc(Br)ccc1C(C)(C)N. The van der Waals surface area contributed by atoms with Gasteiger partial charge in [-0.25, -0.2) is 0 Å². The third-order valence-electron chi connectivity index (χ3n) is 1.88. The molecule has 1 rings (SSSR count). The Labute approximate surface area is 82.1 Å². The summed E-state index contributed by atoms with van der Waals surface area (Å²) in [6.07, 6.45) is 0. The van der Waals surface area contributed by atoms with Crippen molar-refractivity contribution in [3.63, 3.8) is 0 Å². The van der Waals surface area contributed by atoms with Crippen molar-refractivity contribution in [1.82, 2.24) is 0 Å². The van der Waals surface area contributed by atoms with Crippen molar-refractivity contribution < 1.29 is 0 Å². The number of benzene rings is 1. The van der Waals surface area contributed by atoms with Gasteiger partial charge in [0.2, 0.25) is 0 Å². The van der Waals surface area contributed by atoms with Crippen LogP contribution in [0.1, 0.15) is 25.0 Å². The zero-order valence-corrected chi connectivity index (χ0v) is 9.27. The van der Waals surface area contributed by atoms with E-state index in [2.05, 4.69) is 35.0 Å². The van der Waals surface area contributed by atoms with Crippen LogP contribution in [0.15, 0.2) is 22.7 Å². The number of aryl methyl sites for hydroxylation is 1. The summed E-state index contributed by atoms with van der Waals surface area (Å²) in [4.78, 5) is 0. The Bertz CT molecular complexity index is 286. The van der Waals surface area contributed by atoms with Crippen molar-refractivity contribution in [2.45, 2.75) is 26.3 Å². The van der Waals surface area contributed by atoms with Crippen molar-refractivity contribution in [1.29, 1.82) is 0 Å². The van der Waals surface area contributed by atoms with E-state index in [9.17, 15) is 0 Å². The van der Waals surface area contributed by atoms with Crippen LogP contribution in [-0.4, -0.2) is 0 Å². The third kappa shape index (κ3) is 2.08. The fraction of sp³-hybridized carbons (Fsp3) is 0.400. The van der Waals surface area contributed by atoms with E-state index in [-0.39, 0.29) is 5.54 Å². The molecule has 0 unspecified atom stereocenters. The van der Waals surface area contributed by atoms with Crippen LogP contribution in [0, 0.1) is 6.92 Å². The summed E-state index contributed by atoms with van der Waals surface area (Å²) in [5.41, 5.74) is 8.18. The molecule has 0 radical (unpaired) electrons. The summed E-state index contributed by atoms with van der Waals surface area (Å²) < 4.78 is 1.10. The molecule has 0 spiro atoms. The molecular weight excluding hydrogens is 214 g/mol. The molecule has 0 aliphatic heterocycles. The second kappa shape index (κ2) is 3.19. The molecule has 1 nitrogen and oxygen atoms in total. The van der Waals surface area contributed by atoms with Gasteiger partial charge in [0.05, 0.1) is 0 Å². The molecule has 0 saturated heterocycles. The van der Waals surface area contributed by atoms with E-state index >= 15 is 0 Å². The number of hydrogen-bond donors (Lipinski definition) is 1. The van der Waals surface area contributed by atoms with E-state index in [0.29, 0.717) is 0 Å². The van der Waals surface area contributed by atoms with Crippen LogP contribution in [0.3, 0.4) is 0 Å². The fourth-order valence-corrected chi connectivity index (χ4v) is 1.83. The van der Waals surface area contributed by atoms with Crippen LogP contribution in [-0.2, 0) is 5.54 Å². The molecule has 12 heavy (non-hydrogen) atoms. The van der Waals surface area contributed by atoms with Gasteiger partial charge in [0, 0.05) is 10.0 Å². The summed E-state index contributed by atoms with van der Waals surface area (Å²) >= 11 is 3.42.